The summed E-state index contributed by atoms with van der Waals surface area (Å²) in [5.74, 6) is 0.677. The normalized spacial score (nSPS) is 10.7. The van der Waals surface area contributed by atoms with Crippen LogP contribution in [-0.4, -0.2) is 31.2 Å². The molecule has 3 aromatic rings. The highest BCUT2D eigenvalue weighted by Crippen LogP contribution is 2.22. The minimum absolute atomic E-state index is 0.0621. The number of fused-ring (bicyclic) bond motifs is 1. The van der Waals surface area contributed by atoms with Crippen molar-refractivity contribution in [2.75, 3.05) is 25.6 Å². The molecule has 0 saturated heterocycles. The lowest BCUT2D eigenvalue weighted by atomic mass is 10.1. The number of carbonyl (C=O) groups is 1. The molecule has 0 atom stereocenters. The van der Waals surface area contributed by atoms with Gasteiger partial charge < -0.3 is 14.8 Å². The molecule has 0 aliphatic carbocycles. The lowest BCUT2D eigenvalue weighted by Gasteiger charge is -2.08. The van der Waals surface area contributed by atoms with Gasteiger partial charge in [0.15, 0.2) is 0 Å². The molecule has 0 bridgehead atoms. The summed E-state index contributed by atoms with van der Waals surface area (Å²) in [6.45, 7) is 1.02. The molecule has 0 unspecified atom stereocenters. The van der Waals surface area contributed by atoms with E-state index in [0.29, 0.717) is 19.6 Å². The maximum atomic E-state index is 12.2. The van der Waals surface area contributed by atoms with E-state index >= 15 is 0 Å². The van der Waals surface area contributed by atoms with Crippen molar-refractivity contribution in [1.82, 2.24) is 4.98 Å². The highest BCUT2D eigenvalue weighted by atomic mass is 32.1. The van der Waals surface area contributed by atoms with Gasteiger partial charge in [-0.3, -0.25) is 4.79 Å². The van der Waals surface area contributed by atoms with Crippen LogP contribution in [0.2, 0.25) is 0 Å². The zero-order valence-corrected chi connectivity index (χ0v) is 14.1. The summed E-state index contributed by atoms with van der Waals surface area (Å²) in [5, 5.41) is 2.92. The minimum atomic E-state index is -0.0621. The highest BCUT2D eigenvalue weighted by molar-refractivity contribution is 7.16. The van der Waals surface area contributed by atoms with Gasteiger partial charge in [0, 0.05) is 12.8 Å². The third kappa shape index (κ3) is 4.31. The first-order chi connectivity index (χ1) is 11.7. The van der Waals surface area contributed by atoms with E-state index in [-0.39, 0.29) is 5.91 Å². The van der Waals surface area contributed by atoms with Gasteiger partial charge in [-0.25, -0.2) is 4.98 Å². The van der Waals surface area contributed by atoms with E-state index in [4.69, 9.17) is 9.47 Å². The van der Waals surface area contributed by atoms with Crippen LogP contribution in [0, 0.1) is 0 Å². The first kappa shape index (κ1) is 16.4. The number of thiazole rings is 1. The van der Waals surface area contributed by atoms with Crippen LogP contribution in [0.3, 0.4) is 0 Å². The molecule has 6 heteroatoms. The lowest BCUT2D eigenvalue weighted by Crippen LogP contribution is -2.14. The second kappa shape index (κ2) is 7.90. The zero-order chi connectivity index (χ0) is 16.8. The number of carbonyl (C=O) groups excluding carboxylic acids is 1. The fourth-order valence-corrected chi connectivity index (χ4v) is 3.03. The van der Waals surface area contributed by atoms with Gasteiger partial charge in [-0.2, -0.15) is 0 Å². The number of hydrogen-bond acceptors (Lipinski definition) is 5. The molecule has 0 radical (unpaired) electrons. The predicted molar refractivity (Wildman–Crippen MR) is 95.8 cm³/mol. The first-order valence-corrected chi connectivity index (χ1v) is 8.46. The van der Waals surface area contributed by atoms with Gasteiger partial charge >= 0.3 is 0 Å². The summed E-state index contributed by atoms with van der Waals surface area (Å²) in [4.78, 5) is 16.5. The molecule has 24 heavy (non-hydrogen) atoms. The van der Waals surface area contributed by atoms with E-state index in [1.807, 2.05) is 42.5 Å². The molecular weight excluding hydrogens is 324 g/mol. The second-order valence-corrected chi connectivity index (χ2v) is 6.13. The van der Waals surface area contributed by atoms with Gasteiger partial charge in [0.05, 0.1) is 28.8 Å². The van der Waals surface area contributed by atoms with E-state index in [1.165, 1.54) is 0 Å². The third-order valence-corrected chi connectivity index (χ3v) is 4.23. The van der Waals surface area contributed by atoms with Crippen LogP contribution in [0.1, 0.15) is 5.56 Å². The Hall–Kier alpha value is -2.44. The molecular formula is C18H18N2O3S. The number of methoxy groups -OCH3 is 1. The molecule has 0 aliphatic rings. The molecule has 0 fully saturated rings. The van der Waals surface area contributed by atoms with Gasteiger partial charge in [-0.15, -0.1) is 11.3 Å². The van der Waals surface area contributed by atoms with Gasteiger partial charge in [0.2, 0.25) is 5.91 Å². The fraction of sp³-hybridized carbons (Fsp3) is 0.222. The van der Waals surface area contributed by atoms with E-state index in [2.05, 4.69) is 10.3 Å². The predicted octanol–water partition coefficient (Wildman–Crippen LogP) is 3.50. The Morgan fingerprint density at radius 3 is 3.00 bits per heavy atom. The van der Waals surface area contributed by atoms with Crippen LogP contribution in [-0.2, 0) is 16.0 Å². The number of benzene rings is 2. The molecule has 124 valence electrons. The topological polar surface area (TPSA) is 60.5 Å². The molecule has 1 N–H and O–H groups in total. The summed E-state index contributed by atoms with van der Waals surface area (Å²) >= 11 is 1.55. The number of anilines is 1. The number of ether oxygens (including phenoxy) is 2. The van der Waals surface area contributed by atoms with Crippen LogP contribution < -0.4 is 10.1 Å². The molecule has 1 aromatic heterocycles. The van der Waals surface area contributed by atoms with E-state index in [9.17, 15) is 4.79 Å². The molecule has 1 amide bonds. The van der Waals surface area contributed by atoms with Crippen molar-refractivity contribution in [2.45, 2.75) is 6.42 Å². The SMILES string of the molecule is COCCOc1cccc(CC(=O)Nc2ccc3ncsc3c2)c1. The summed E-state index contributed by atoms with van der Waals surface area (Å²) in [6, 6.07) is 13.3. The number of nitrogens with zero attached hydrogens (tertiary/aromatic N) is 1. The summed E-state index contributed by atoms with van der Waals surface area (Å²) in [5.41, 5.74) is 4.43. The summed E-state index contributed by atoms with van der Waals surface area (Å²) in [7, 11) is 1.63. The molecule has 1 heterocycles. The van der Waals surface area contributed by atoms with Crippen molar-refractivity contribution in [1.29, 1.82) is 0 Å². The molecule has 0 aliphatic heterocycles. The third-order valence-electron chi connectivity index (χ3n) is 3.43. The smallest absolute Gasteiger partial charge is 0.228 e. The zero-order valence-electron chi connectivity index (χ0n) is 13.3. The van der Waals surface area contributed by atoms with Crippen molar-refractivity contribution >= 4 is 33.1 Å². The Labute approximate surface area is 144 Å². The molecule has 5 nitrogen and oxygen atoms in total. The molecule has 0 spiro atoms. The summed E-state index contributed by atoms with van der Waals surface area (Å²) in [6.07, 6.45) is 0.294. The van der Waals surface area contributed by atoms with Crippen LogP contribution in [0.4, 0.5) is 5.69 Å². The Balaban J connectivity index is 1.60. The van der Waals surface area contributed by atoms with Crippen LogP contribution in [0.15, 0.2) is 48.0 Å². The van der Waals surface area contributed by atoms with Crippen molar-refractivity contribution in [3.8, 4) is 5.75 Å². The fourth-order valence-electron chi connectivity index (χ4n) is 2.31. The average Bonchev–Trinajstić information content (AvgIpc) is 3.03. The Morgan fingerprint density at radius 2 is 2.12 bits per heavy atom. The summed E-state index contributed by atoms with van der Waals surface area (Å²) < 4.78 is 11.6. The number of amides is 1. The largest absolute Gasteiger partial charge is 0.491 e. The molecule has 3 rings (SSSR count). The lowest BCUT2D eigenvalue weighted by molar-refractivity contribution is -0.115. The number of nitrogens with one attached hydrogen (secondary N) is 1. The average molecular weight is 342 g/mol. The molecule has 0 saturated carbocycles. The maximum Gasteiger partial charge on any atom is 0.228 e. The van der Waals surface area contributed by atoms with Crippen molar-refractivity contribution < 1.29 is 14.3 Å². The van der Waals surface area contributed by atoms with Crippen LogP contribution in [0.25, 0.3) is 10.2 Å². The number of rotatable bonds is 7. The second-order valence-electron chi connectivity index (χ2n) is 5.25. The van der Waals surface area contributed by atoms with Crippen LogP contribution in [0.5, 0.6) is 5.75 Å². The van der Waals surface area contributed by atoms with Gasteiger partial charge in [0.1, 0.15) is 12.4 Å². The molecule has 2 aromatic carbocycles. The van der Waals surface area contributed by atoms with E-state index in [1.54, 1.807) is 24.0 Å². The highest BCUT2D eigenvalue weighted by Gasteiger charge is 2.07. The van der Waals surface area contributed by atoms with Crippen molar-refractivity contribution in [3.05, 3.63) is 53.5 Å². The van der Waals surface area contributed by atoms with Crippen molar-refractivity contribution in [3.63, 3.8) is 0 Å². The number of aromatic nitrogens is 1. The van der Waals surface area contributed by atoms with Gasteiger partial charge in [0.25, 0.3) is 0 Å². The van der Waals surface area contributed by atoms with Gasteiger partial charge in [-0.1, -0.05) is 12.1 Å². The Bertz CT molecular complexity index is 832. The standard InChI is InChI=1S/C18H18N2O3S/c1-22-7-8-23-15-4-2-3-13(9-15)10-18(21)20-14-5-6-16-17(11-14)24-12-19-16/h2-6,9,11-12H,7-8,10H2,1H3,(H,20,21). The maximum absolute atomic E-state index is 12.2. The van der Waals surface area contributed by atoms with E-state index in [0.717, 1.165) is 27.2 Å². The number of hydrogen-bond donors (Lipinski definition) is 1. The quantitative estimate of drug-likeness (QED) is 0.668. The van der Waals surface area contributed by atoms with E-state index < -0.39 is 0 Å². The Morgan fingerprint density at radius 1 is 1.21 bits per heavy atom. The van der Waals surface area contributed by atoms with Gasteiger partial charge in [-0.05, 0) is 35.9 Å². The Kier molecular flexibility index (Phi) is 5.40. The first-order valence-electron chi connectivity index (χ1n) is 7.58. The minimum Gasteiger partial charge on any atom is -0.491 e. The monoisotopic (exact) mass is 342 g/mol. The van der Waals surface area contributed by atoms with Crippen LogP contribution >= 0.6 is 11.3 Å². The van der Waals surface area contributed by atoms with Crippen molar-refractivity contribution in [2.24, 2.45) is 0 Å².